The molecule has 1 amide bonds. The van der Waals surface area contributed by atoms with E-state index in [1.165, 1.54) is 46.4 Å². The van der Waals surface area contributed by atoms with Crippen molar-refractivity contribution in [2.75, 3.05) is 11.9 Å². The Morgan fingerprint density at radius 3 is 2.28 bits per heavy atom. The quantitative estimate of drug-likeness (QED) is 0.0293. The first kappa shape index (κ1) is 44.0. The number of aliphatic hydroxyl groups excluding tert-OH is 1. The molecule has 334 valence electrons. The molecule has 1 spiro atoms. The van der Waals surface area contributed by atoms with E-state index in [0.29, 0.717) is 64.1 Å². The monoisotopic (exact) mass is 889 g/mol. The Morgan fingerprint density at radius 1 is 0.906 bits per heavy atom. The van der Waals surface area contributed by atoms with Crippen molar-refractivity contribution in [2.45, 2.75) is 103 Å². The molecule has 4 aromatic carbocycles. The number of anilines is 1. The molecule has 4 aliphatic heterocycles. The molecule has 0 fully saturated rings. The Labute approximate surface area is 375 Å². The maximum absolute atomic E-state index is 13.8. The number of nitrogens with one attached hydrogen (secondary N) is 2. The van der Waals surface area contributed by atoms with Crippen molar-refractivity contribution in [1.29, 1.82) is 0 Å². The fourth-order valence-electron chi connectivity index (χ4n) is 9.13. The number of hydrogen-bond acceptors (Lipinski definition) is 11. The van der Waals surface area contributed by atoms with Crippen LogP contribution >= 0.6 is 12.2 Å². The first-order chi connectivity index (χ1) is 30.5. The maximum atomic E-state index is 13.8. The third kappa shape index (κ3) is 8.09. The number of carbonyl (C=O) groups excluding carboxylic acids is 2. The van der Waals surface area contributed by atoms with Crippen molar-refractivity contribution in [1.82, 2.24) is 10.2 Å². The van der Waals surface area contributed by atoms with E-state index in [9.17, 15) is 39.9 Å². The number of aliphatic hydroxyl groups is 1. The molecule has 4 aromatic rings. The van der Waals surface area contributed by atoms with Crippen LogP contribution in [-0.2, 0) is 28.1 Å². The summed E-state index contributed by atoms with van der Waals surface area (Å²) in [4.78, 5) is 41.2. The van der Waals surface area contributed by atoms with E-state index < -0.39 is 41.2 Å². The number of nitrogens with zero attached hydrogens (tertiary/aromatic N) is 1. The number of rotatable bonds is 13. The molecule has 0 radical (unpaired) electrons. The number of fused-ring (bicyclic) bond motifs is 9. The molecule has 0 aliphatic carbocycles. The topological polar surface area (TPSA) is 207 Å². The molecule has 0 aromatic heterocycles. The van der Waals surface area contributed by atoms with E-state index in [-0.39, 0.29) is 65.4 Å². The van der Waals surface area contributed by atoms with Crippen LogP contribution in [0.15, 0.2) is 84.0 Å². The molecule has 64 heavy (non-hydrogen) atoms. The second-order valence-corrected chi connectivity index (χ2v) is 17.8. The normalized spacial score (nSPS) is 19.2. The van der Waals surface area contributed by atoms with Gasteiger partial charge in [0.2, 0.25) is 0 Å². The second kappa shape index (κ2) is 17.2. The summed E-state index contributed by atoms with van der Waals surface area (Å²) in [6.07, 6.45) is 6.99. The summed E-state index contributed by atoms with van der Waals surface area (Å²) in [7, 11) is 0. The van der Waals surface area contributed by atoms with Crippen LogP contribution in [0.2, 0.25) is 0 Å². The molecule has 3 atom stereocenters. The predicted molar refractivity (Wildman–Crippen MR) is 241 cm³/mol. The number of aliphatic carboxylic acids is 1. The van der Waals surface area contributed by atoms with E-state index in [2.05, 4.69) is 43.6 Å². The highest BCUT2D eigenvalue weighted by molar-refractivity contribution is 7.80. The number of ether oxygens (including phenoxy) is 3. The Bertz CT molecular complexity index is 2600. The van der Waals surface area contributed by atoms with Gasteiger partial charge in [-0.25, -0.2) is 9.59 Å². The lowest BCUT2D eigenvalue weighted by atomic mass is 9.77. The lowest BCUT2D eigenvalue weighted by molar-refractivity contribution is -0.142. The molecular formula is C49H51N3O11S. The molecule has 4 aliphatic rings. The number of allylic oxidation sites excluding steroid dienone is 4. The molecule has 4 heterocycles. The Hall–Kier alpha value is -6.58. The summed E-state index contributed by atoms with van der Waals surface area (Å²) in [6, 6.07) is 14.2. The van der Waals surface area contributed by atoms with Gasteiger partial charge in [0.25, 0.3) is 5.91 Å². The number of phenolic OH excluding ortho intramolecular Hbond substituents is 3. The van der Waals surface area contributed by atoms with Gasteiger partial charge in [0, 0.05) is 58.6 Å². The van der Waals surface area contributed by atoms with Gasteiger partial charge in [0.1, 0.15) is 46.1 Å². The maximum Gasteiger partial charge on any atom is 0.340 e. The van der Waals surface area contributed by atoms with Gasteiger partial charge in [-0.05, 0) is 127 Å². The second-order valence-electron chi connectivity index (χ2n) is 17.4. The van der Waals surface area contributed by atoms with Gasteiger partial charge in [0.15, 0.2) is 10.7 Å². The van der Waals surface area contributed by atoms with Crippen LogP contribution in [0.4, 0.5) is 5.69 Å². The number of carboxylic acids is 1. The Kier molecular flexibility index (Phi) is 11.8. The van der Waals surface area contributed by atoms with Crippen LogP contribution in [0, 0.1) is 0 Å². The molecule has 0 saturated heterocycles. The third-order valence-electron chi connectivity index (χ3n) is 12.6. The number of carbonyl (C=O) groups is 3. The van der Waals surface area contributed by atoms with Crippen LogP contribution in [0.5, 0.6) is 34.5 Å². The molecule has 0 unspecified atom stereocenters. The molecule has 0 bridgehead atoms. The molecule has 15 heteroatoms. The molecule has 14 nitrogen and oxygen atoms in total. The average Bonchev–Trinajstić information content (AvgIpc) is 3.70. The first-order valence-electron chi connectivity index (χ1n) is 21.3. The van der Waals surface area contributed by atoms with E-state index in [1.807, 2.05) is 6.92 Å². The van der Waals surface area contributed by atoms with E-state index >= 15 is 0 Å². The molecule has 7 N–H and O–H groups in total. The number of amides is 1. The minimum atomic E-state index is -1.46. The minimum Gasteiger partial charge on any atom is -0.508 e. The van der Waals surface area contributed by atoms with Crippen molar-refractivity contribution < 1.29 is 54.1 Å². The summed E-state index contributed by atoms with van der Waals surface area (Å²) in [5.74, 6) is -1.77. The number of hydrogen-bond donors (Lipinski definition) is 7. The average molecular weight is 890 g/mol. The highest BCUT2D eigenvalue weighted by Crippen LogP contribution is 2.57. The number of benzene rings is 4. The zero-order chi connectivity index (χ0) is 45.7. The van der Waals surface area contributed by atoms with Gasteiger partial charge in [-0.1, -0.05) is 23.3 Å². The third-order valence-corrected chi connectivity index (χ3v) is 12.8. The van der Waals surface area contributed by atoms with Gasteiger partial charge in [-0.2, -0.15) is 0 Å². The predicted octanol–water partition coefficient (Wildman–Crippen LogP) is 8.07. The smallest absolute Gasteiger partial charge is 0.340 e. The van der Waals surface area contributed by atoms with Crippen LogP contribution in [0.25, 0.3) is 0 Å². The lowest BCUT2D eigenvalue weighted by Crippen LogP contribution is -2.49. The van der Waals surface area contributed by atoms with Crippen molar-refractivity contribution in [3.63, 3.8) is 0 Å². The fourth-order valence-corrected chi connectivity index (χ4v) is 9.35. The van der Waals surface area contributed by atoms with E-state index in [0.717, 1.165) is 12.8 Å². The molecule has 8 rings (SSSR count). The van der Waals surface area contributed by atoms with Crippen molar-refractivity contribution >= 4 is 40.9 Å². The Balaban J connectivity index is 0.923. The number of carboxylic acid groups (broad SMARTS) is 1. The van der Waals surface area contributed by atoms with Gasteiger partial charge in [0.05, 0.1) is 23.8 Å². The highest BCUT2D eigenvalue weighted by atomic mass is 32.1. The first-order valence-corrected chi connectivity index (χ1v) is 21.7. The van der Waals surface area contributed by atoms with Gasteiger partial charge in [-0.15, -0.1) is 0 Å². The zero-order valence-electron chi connectivity index (χ0n) is 36.0. The van der Waals surface area contributed by atoms with Crippen LogP contribution in [-0.4, -0.2) is 77.7 Å². The molecule has 0 saturated carbocycles. The van der Waals surface area contributed by atoms with Crippen LogP contribution < -0.4 is 20.1 Å². The number of esters is 1. The van der Waals surface area contributed by atoms with E-state index in [1.54, 1.807) is 30.3 Å². The SMILES string of the molecule is CC(C)=CCC/C(C)=C/CC[C@]1(C)Oc2c(c(O)cc3c2CN([C@@H](CCCNC(=S)Nc2ccc4c(c2)C2(OC4=O)c4ccc(O)cc4Oc4cc(O)ccc42)C(=O)O)C3=O)C[C@@H]1O. The standard InChI is InChI=1S/C49H51N3O11S/c1-26(2)8-5-9-27(3)10-6-18-48(4)42(56)24-33-39(55)23-32-34(43(33)62-48)25-52(44(32)57)38(45(58)59)11-7-19-50-47(64)51-28-12-15-31-37(20-28)49(63-46(31)60)35-16-13-29(53)21-40(35)61-41-22-30(54)14-17-36(41)49/h8,10,12-17,20-23,38,42,53-56H,5-7,9,11,18-19,24-25H2,1-4H3,(H,58,59)(H2,50,51,64)/b27-10+/t38-,42-,48-/m0/s1. The number of aromatic hydroxyl groups is 3. The summed E-state index contributed by atoms with van der Waals surface area (Å²) in [5.41, 5.74) is 3.36. The van der Waals surface area contributed by atoms with Crippen LogP contribution in [0.3, 0.4) is 0 Å². The number of thiocarbonyl (C=S) groups is 1. The van der Waals surface area contributed by atoms with Crippen LogP contribution in [0.1, 0.15) is 115 Å². The molecular weight excluding hydrogens is 839 g/mol. The fraction of sp³-hybridized carbons (Fsp3) is 0.347. The van der Waals surface area contributed by atoms with Gasteiger partial charge in [-0.3, -0.25) is 4.79 Å². The number of phenols is 3. The van der Waals surface area contributed by atoms with Crippen molar-refractivity contribution in [3.05, 3.63) is 123 Å². The summed E-state index contributed by atoms with van der Waals surface area (Å²) >= 11 is 5.62. The largest absolute Gasteiger partial charge is 0.508 e. The zero-order valence-corrected chi connectivity index (χ0v) is 36.8. The Morgan fingerprint density at radius 2 is 1.61 bits per heavy atom. The van der Waals surface area contributed by atoms with E-state index in [4.69, 9.17) is 26.4 Å². The highest BCUT2D eigenvalue weighted by Gasteiger charge is 2.54. The van der Waals surface area contributed by atoms with Gasteiger partial charge >= 0.3 is 11.9 Å². The minimum absolute atomic E-state index is 0.0356. The van der Waals surface area contributed by atoms with Gasteiger partial charge < -0.3 is 55.3 Å². The lowest BCUT2D eigenvalue weighted by Gasteiger charge is -2.41. The van der Waals surface area contributed by atoms with Crippen molar-refractivity contribution in [3.8, 4) is 34.5 Å². The van der Waals surface area contributed by atoms with Crippen molar-refractivity contribution in [2.24, 2.45) is 0 Å². The summed E-state index contributed by atoms with van der Waals surface area (Å²) in [5, 5.41) is 59.6. The summed E-state index contributed by atoms with van der Waals surface area (Å²) in [6.45, 7) is 8.27. The summed E-state index contributed by atoms with van der Waals surface area (Å²) < 4.78 is 18.7.